The van der Waals surface area contributed by atoms with Gasteiger partial charge in [0.1, 0.15) is 5.75 Å². The molecule has 100 valence electrons. The summed E-state index contributed by atoms with van der Waals surface area (Å²) in [6.45, 7) is 6.20. The number of ether oxygens (including phenoxy) is 1. The minimum atomic E-state index is -1.30. The van der Waals surface area contributed by atoms with Gasteiger partial charge < -0.3 is 9.63 Å². The molecule has 0 aliphatic heterocycles. The summed E-state index contributed by atoms with van der Waals surface area (Å²) in [5, 5.41) is 2.01. The molecule has 0 saturated carbocycles. The standard InChI is InChI=1S/C16H19O2P/c1-11-9-12(2)16(13(3)10-11)19(17)15-7-5-14(18-4)6-8-15/h5-10,17H,1-4H3. The molecule has 0 amide bonds. The van der Waals surface area contributed by atoms with Crippen molar-refractivity contribution in [3.05, 3.63) is 53.1 Å². The number of hydrogen-bond acceptors (Lipinski definition) is 2. The van der Waals surface area contributed by atoms with Crippen LogP contribution in [0.5, 0.6) is 5.75 Å². The van der Waals surface area contributed by atoms with Crippen LogP contribution in [0.1, 0.15) is 16.7 Å². The number of methoxy groups -OCH3 is 1. The Morgan fingerprint density at radius 1 is 0.947 bits per heavy atom. The van der Waals surface area contributed by atoms with Gasteiger partial charge in [-0.05, 0) is 56.2 Å². The van der Waals surface area contributed by atoms with Gasteiger partial charge in [0.25, 0.3) is 0 Å². The van der Waals surface area contributed by atoms with E-state index in [1.54, 1.807) is 7.11 Å². The van der Waals surface area contributed by atoms with E-state index in [1.165, 1.54) is 5.56 Å². The lowest BCUT2D eigenvalue weighted by Crippen LogP contribution is -2.17. The summed E-state index contributed by atoms with van der Waals surface area (Å²) >= 11 is 0. The highest BCUT2D eigenvalue weighted by Gasteiger charge is 2.16. The topological polar surface area (TPSA) is 29.5 Å². The molecule has 0 radical (unpaired) electrons. The Hall–Kier alpha value is -1.37. The molecular weight excluding hydrogens is 255 g/mol. The SMILES string of the molecule is COc1ccc(P(O)c2c(C)cc(C)cc2C)cc1. The van der Waals surface area contributed by atoms with Crippen molar-refractivity contribution in [3.63, 3.8) is 0 Å². The molecular formula is C16H19O2P. The Labute approximate surface area is 115 Å². The van der Waals surface area contributed by atoms with Gasteiger partial charge in [-0.2, -0.15) is 0 Å². The van der Waals surface area contributed by atoms with Gasteiger partial charge in [0, 0.05) is 10.6 Å². The highest BCUT2D eigenvalue weighted by atomic mass is 31.1. The van der Waals surface area contributed by atoms with Crippen LogP contribution in [0.3, 0.4) is 0 Å². The van der Waals surface area contributed by atoms with Crippen molar-refractivity contribution in [1.29, 1.82) is 0 Å². The van der Waals surface area contributed by atoms with Gasteiger partial charge in [0.05, 0.1) is 15.3 Å². The smallest absolute Gasteiger partial charge is 0.118 e. The summed E-state index contributed by atoms with van der Waals surface area (Å²) in [7, 11) is 0.346. The monoisotopic (exact) mass is 274 g/mol. The fourth-order valence-corrected chi connectivity index (χ4v) is 3.85. The van der Waals surface area contributed by atoms with Gasteiger partial charge >= 0.3 is 0 Å². The third-order valence-electron chi connectivity index (χ3n) is 3.16. The van der Waals surface area contributed by atoms with Crippen molar-refractivity contribution >= 4 is 18.8 Å². The van der Waals surface area contributed by atoms with Crippen LogP contribution in [0.2, 0.25) is 0 Å². The van der Waals surface area contributed by atoms with Crippen molar-refractivity contribution < 1.29 is 9.63 Å². The number of benzene rings is 2. The molecule has 2 aromatic rings. The van der Waals surface area contributed by atoms with Gasteiger partial charge in [0.15, 0.2) is 0 Å². The van der Waals surface area contributed by atoms with E-state index in [1.807, 2.05) is 24.3 Å². The van der Waals surface area contributed by atoms with E-state index in [2.05, 4.69) is 32.9 Å². The van der Waals surface area contributed by atoms with E-state index >= 15 is 0 Å². The maximum absolute atomic E-state index is 10.6. The fourth-order valence-electron chi connectivity index (χ4n) is 2.36. The van der Waals surface area contributed by atoms with Crippen LogP contribution in [-0.2, 0) is 0 Å². The Morgan fingerprint density at radius 3 is 1.95 bits per heavy atom. The summed E-state index contributed by atoms with van der Waals surface area (Å²) in [6.07, 6.45) is 0. The van der Waals surface area contributed by atoms with E-state index in [4.69, 9.17) is 4.74 Å². The summed E-state index contributed by atoms with van der Waals surface area (Å²) in [6, 6.07) is 11.9. The maximum atomic E-state index is 10.6. The van der Waals surface area contributed by atoms with Crippen molar-refractivity contribution in [2.75, 3.05) is 7.11 Å². The van der Waals surface area contributed by atoms with Gasteiger partial charge in [-0.1, -0.05) is 17.7 Å². The van der Waals surface area contributed by atoms with Crippen molar-refractivity contribution in [2.45, 2.75) is 20.8 Å². The molecule has 1 N–H and O–H groups in total. The first-order chi connectivity index (χ1) is 9.02. The summed E-state index contributed by atoms with van der Waals surface area (Å²) < 4.78 is 5.14. The average molecular weight is 274 g/mol. The maximum Gasteiger partial charge on any atom is 0.118 e. The number of aryl methyl sites for hydroxylation is 3. The molecule has 0 saturated heterocycles. The van der Waals surface area contributed by atoms with Crippen molar-refractivity contribution in [1.82, 2.24) is 0 Å². The third kappa shape index (κ3) is 2.97. The van der Waals surface area contributed by atoms with Gasteiger partial charge in [-0.15, -0.1) is 0 Å². The first-order valence-corrected chi connectivity index (χ1v) is 7.53. The van der Waals surface area contributed by atoms with Crippen LogP contribution in [0.4, 0.5) is 0 Å². The minimum absolute atomic E-state index is 0.810. The van der Waals surface area contributed by atoms with Crippen LogP contribution in [0.15, 0.2) is 36.4 Å². The average Bonchev–Trinajstić information content (AvgIpc) is 2.37. The highest BCUT2D eigenvalue weighted by molar-refractivity contribution is 7.67. The van der Waals surface area contributed by atoms with E-state index in [-0.39, 0.29) is 0 Å². The molecule has 1 atom stereocenters. The lowest BCUT2D eigenvalue weighted by atomic mass is 10.1. The molecule has 2 aromatic carbocycles. The largest absolute Gasteiger partial charge is 0.497 e. The molecule has 0 aromatic heterocycles. The molecule has 2 rings (SSSR count). The molecule has 0 spiro atoms. The Bertz CT molecular complexity index is 553. The van der Waals surface area contributed by atoms with Crippen LogP contribution in [0.25, 0.3) is 0 Å². The molecule has 3 heteroatoms. The Balaban J connectivity index is 2.40. The fraction of sp³-hybridized carbons (Fsp3) is 0.250. The second-order valence-corrected chi connectivity index (χ2v) is 6.34. The highest BCUT2D eigenvalue weighted by Crippen LogP contribution is 2.32. The Kier molecular flexibility index (Phi) is 4.24. The second-order valence-electron chi connectivity index (χ2n) is 4.76. The zero-order valence-electron chi connectivity index (χ0n) is 11.8. The van der Waals surface area contributed by atoms with Crippen LogP contribution in [-0.4, -0.2) is 12.0 Å². The summed E-state index contributed by atoms with van der Waals surface area (Å²) in [5.74, 6) is 0.810. The van der Waals surface area contributed by atoms with Gasteiger partial charge in [-0.3, -0.25) is 0 Å². The number of hydrogen-bond donors (Lipinski definition) is 1. The first kappa shape index (κ1) is 14.0. The van der Waals surface area contributed by atoms with E-state index in [9.17, 15) is 4.89 Å². The van der Waals surface area contributed by atoms with E-state index in [0.29, 0.717) is 0 Å². The van der Waals surface area contributed by atoms with Gasteiger partial charge in [-0.25, -0.2) is 0 Å². The first-order valence-electron chi connectivity index (χ1n) is 6.24. The number of rotatable bonds is 3. The molecule has 19 heavy (non-hydrogen) atoms. The predicted octanol–water partition coefficient (Wildman–Crippen LogP) is 2.96. The molecule has 0 aliphatic rings. The third-order valence-corrected chi connectivity index (χ3v) is 5.08. The zero-order valence-corrected chi connectivity index (χ0v) is 12.7. The molecule has 0 bridgehead atoms. The van der Waals surface area contributed by atoms with Gasteiger partial charge in [0.2, 0.25) is 0 Å². The molecule has 1 unspecified atom stereocenters. The van der Waals surface area contributed by atoms with Crippen molar-refractivity contribution in [3.8, 4) is 5.75 Å². The molecule has 2 nitrogen and oxygen atoms in total. The minimum Gasteiger partial charge on any atom is -0.497 e. The second kappa shape index (κ2) is 5.73. The van der Waals surface area contributed by atoms with Crippen molar-refractivity contribution in [2.24, 2.45) is 0 Å². The molecule has 0 aliphatic carbocycles. The normalized spacial score (nSPS) is 12.3. The van der Waals surface area contributed by atoms with E-state index < -0.39 is 8.15 Å². The molecule has 0 fully saturated rings. The Morgan fingerprint density at radius 2 is 1.47 bits per heavy atom. The lowest BCUT2D eigenvalue weighted by Gasteiger charge is -2.17. The summed E-state index contributed by atoms with van der Waals surface area (Å²) in [4.78, 5) is 10.6. The summed E-state index contributed by atoms with van der Waals surface area (Å²) in [5.41, 5.74) is 3.54. The lowest BCUT2D eigenvalue weighted by molar-refractivity contribution is 0.415. The van der Waals surface area contributed by atoms with Crippen LogP contribution in [0, 0.1) is 20.8 Å². The predicted molar refractivity (Wildman–Crippen MR) is 82.1 cm³/mol. The zero-order chi connectivity index (χ0) is 14.0. The quantitative estimate of drug-likeness (QED) is 0.872. The molecule has 0 heterocycles. The van der Waals surface area contributed by atoms with Crippen LogP contribution >= 0.6 is 8.15 Å². The van der Waals surface area contributed by atoms with E-state index in [0.717, 1.165) is 27.5 Å². The van der Waals surface area contributed by atoms with Crippen LogP contribution < -0.4 is 15.3 Å².